The van der Waals surface area contributed by atoms with Gasteiger partial charge in [-0.05, 0) is 32.1 Å². The average Bonchev–Trinajstić information content (AvgIpc) is 2.37. The summed E-state index contributed by atoms with van der Waals surface area (Å²) in [5, 5.41) is 11.1. The maximum Gasteiger partial charge on any atom is 0.352 e. The van der Waals surface area contributed by atoms with E-state index in [2.05, 4.69) is 16.9 Å². The topological polar surface area (TPSA) is 104 Å². The van der Waals surface area contributed by atoms with Crippen molar-refractivity contribution < 1.29 is 9.66 Å². The van der Waals surface area contributed by atoms with Gasteiger partial charge in [0.25, 0.3) is 5.88 Å². The number of nitro groups is 1. The molecule has 1 aromatic heterocycles. The lowest BCUT2D eigenvalue weighted by atomic mass is 9.85. The van der Waals surface area contributed by atoms with Gasteiger partial charge in [0.2, 0.25) is 5.95 Å². The zero-order valence-electron chi connectivity index (χ0n) is 11.8. The van der Waals surface area contributed by atoms with Crippen LogP contribution in [0.15, 0.2) is 0 Å². The molecule has 0 bridgehead atoms. The van der Waals surface area contributed by atoms with Crippen molar-refractivity contribution in [3.8, 4) is 5.88 Å². The van der Waals surface area contributed by atoms with Gasteiger partial charge in [-0.1, -0.05) is 19.8 Å². The van der Waals surface area contributed by atoms with E-state index >= 15 is 0 Å². The smallest absolute Gasteiger partial charge is 0.352 e. The number of nitrogens with two attached hydrogens (primary N) is 1. The van der Waals surface area contributed by atoms with Crippen LogP contribution in [0.3, 0.4) is 0 Å². The Bertz CT molecular complexity index is 507. The maximum atomic E-state index is 11.1. The van der Waals surface area contributed by atoms with E-state index < -0.39 is 4.92 Å². The standard InChI is InChI=1S/C13H20N4O3/c1-3-9-5-4-6-10(7-9)20-12-11(17(18)19)8(2)15-13(14)16-12/h9-10H,3-7H2,1-2H3,(H2,14,15,16). The molecule has 1 aliphatic carbocycles. The second-order valence-corrected chi connectivity index (χ2v) is 5.26. The molecule has 1 aliphatic rings. The summed E-state index contributed by atoms with van der Waals surface area (Å²) in [6, 6.07) is 0. The van der Waals surface area contributed by atoms with E-state index in [0.29, 0.717) is 5.92 Å². The second-order valence-electron chi connectivity index (χ2n) is 5.26. The fraction of sp³-hybridized carbons (Fsp3) is 0.692. The summed E-state index contributed by atoms with van der Waals surface area (Å²) in [7, 11) is 0. The van der Waals surface area contributed by atoms with Crippen molar-refractivity contribution in [1.29, 1.82) is 0 Å². The zero-order chi connectivity index (χ0) is 14.7. The summed E-state index contributed by atoms with van der Waals surface area (Å²) in [6.07, 6.45) is 5.17. The van der Waals surface area contributed by atoms with Crippen molar-refractivity contribution in [3.05, 3.63) is 15.8 Å². The van der Waals surface area contributed by atoms with Gasteiger partial charge in [-0.3, -0.25) is 10.1 Å². The molecule has 1 saturated carbocycles. The van der Waals surface area contributed by atoms with E-state index in [1.807, 2.05) is 0 Å². The second kappa shape index (κ2) is 6.02. The number of aryl methyl sites for hydroxylation is 1. The van der Waals surface area contributed by atoms with E-state index in [1.165, 1.54) is 6.42 Å². The Hall–Kier alpha value is -1.92. The molecule has 7 nitrogen and oxygen atoms in total. The Morgan fingerprint density at radius 3 is 2.85 bits per heavy atom. The Labute approximate surface area is 117 Å². The minimum atomic E-state index is -0.510. The van der Waals surface area contributed by atoms with Crippen LogP contribution >= 0.6 is 0 Å². The first kappa shape index (κ1) is 14.5. The van der Waals surface area contributed by atoms with E-state index in [1.54, 1.807) is 6.92 Å². The van der Waals surface area contributed by atoms with Gasteiger partial charge in [0.15, 0.2) is 0 Å². The van der Waals surface area contributed by atoms with Gasteiger partial charge in [-0.2, -0.15) is 4.98 Å². The minimum Gasteiger partial charge on any atom is -0.469 e. The molecule has 2 rings (SSSR count). The third-order valence-electron chi connectivity index (χ3n) is 3.82. The predicted octanol–water partition coefficient (Wildman–Crippen LogP) is 2.62. The number of ether oxygens (including phenoxy) is 1. The lowest BCUT2D eigenvalue weighted by Gasteiger charge is -2.28. The van der Waals surface area contributed by atoms with Gasteiger partial charge < -0.3 is 10.5 Å². The number of rotatable bonds is 4. The van der Waals surface area contributed by atoms with Crippen LogP contribution < -0.4 is 10.5 Å². The largest absolute Gasteiger partial charge is 0.469 e. The number of nitrogen functional groups attached to an aromatic ring is 1. The lowest BCUT2D eigenvalue weighted by Crippen LogP contribution is -2.26. The highest BCUT2D eigenvalue weighted by molar-refractivity contribution is 5.47. The monoisotopic (exact) mass is 280 g/mol. The van der Waals surface area contributed by atoms with Crippen LogP contribution in [0.1, 0.15) is 44.7 Å². The summed E-state index contributed by atoms with van der Waals surface area (Å²) >= 11 is 0. The molecule has 2 atom stereocenters. The van der Waals surface area contributed by atoms with Crippen LogP contribution in [0.2, 0.25) is 0 Å². The highest BCUT2D eigenvalue weighted by Gasteiger charge is 2.28. The van der Waals surface area contributed by atoms with Crippen molar-refractivity contribution in [2.45, 2.75) is 52.1 Å². The van der Waals surface area contributed by atoms with Crippen molar-refractivity contribution >= 4 is 11.6 Å². The Kier molecular flexibility index (Phi) is 4.36. The summed E-state index contributed by atoms with van der Waals surface area (Å²) in [5.41, 5.74) is 5.62. The summed E-state index contributed by atoms with van der Waals surface area (Å²) in [5.74, 6) is 0.626. The quantitative estimate of drug-likeness (QED) is 0.671. The van der Waals surface area contributed by atoms with Crippen molar-refractivity contribution in [2.75, 3.05) is 5.73 Å². The van der Waals surface area contributed by atoms with Crippen molar-refractivity contribution in [2.24, 2.45) is 5.92 Å². The fourth-order valence-corrected chi connectivity index (χ4v) is 2.73. The molecule has 0 saturated heterocycles. The molecule has 0 spiro atoms. The Morgan fingerprint density at radius 2 is 2.20 bits per heavy atom. The summed E-state index contributed by atoms with van der Waals surface area (Å²) in [6.45, 7) is 3.70. The Morgan fingerprint density at radius 1 is 1.45 bits per heavy atom. The van der Waals surface area contributed by atoms with E-state index in [-0.39, 0.29) is 29.3 Å². The highest BCUT2D eigenvalue weighted by atomic mass is 16.6. The van der Waals surface area contributed by atoms with Crippen molar-refractivity contribution in [1.82, 2.24) is 9.97 Å². The van der Waals surface area contributed by atoms with Gasteiger partial charge in [0.05, 0.1) is 4.92 Å². The number of hydrogen-bond donors (Lipinski definition) is 1. The van der Waals surface area contributed by atoms with E-state index in [9.17, 15) is 10.1 Å². The molecular formula is C13H20N4O3. The molecule has 2 N–H and O–H groups in total. The average molecular weight is 280 g/mol. The van der Waals surface area contributed by atoms with Crippen molar-refractivity contribution in [3.63, 3.8) is 0 Å². The molecule has 1 aromatic rings. The number of aromatic nitrogens is 2. The zero-order valence-corrected chi connectivity index (χ0v) is 11.8. The van der Waals surface area contributed by atoms with Crippen LogP contribution in [-0.4, -0.2) is 21.0 Å². The molecule has 7 heteroatoms. The fourth-order valence-electron chi connectivity index (χ4n) is 2.73. The van der Waals surface area contributed by atoms with Crippen LogP contribution in [0.5, 0.6) is 5.88 Å². The third-order valence-corrected chi connectivity index (χ3v) is 3.82. The van der Waals surface area contributed by atoms with Gasteiger partial charge in [-0.25, -0.2) is 4.98 Å². The molecule has 0 amide bonds. The third kappa shape index (κ3) is 3.15. The lowest BCUT2D eigenvalue weighted by molar-refractivity contribution is -0.387. The van der Waals surface area contributed by atoms with Gasteiger partial charge in [0, 0.05) is 0 Å². The SMILES string of the molecule is CCC1CCCC(Oc2nc(N)nc(C)c2[N+](=O)[O-])C1. The van der Waals surface area contributed by atoms with Gasteiger partial charge in [0.1, 0.15) is 11.8 Å². The molecule has 0 radical (unpaired) electrons. The van der Waals surface area contributed by atoms with Gasteiger partial charge >= 0.3 is 5.69 Å². The maximum absolute atomic E-state index is 11.1. The minimum absolute atomic E-state index is 0.00162. The Balaban J connectivity index is 2.22. The number of nitrogens with zero attached hydrogens (tertiary/aromatic N) is 3. The molecule has 0 aliphatic heterocycles. The molecule has 1 fully saturated rings. The van der Waals surface area contributed by atoms with Crippen LogP contribution in [0, 0.1) is 23.0 Å². The molecule has 2 unspecified atom stereocenters. The molecule has 0 aromatic carbocycles. The molecule has 110 valence electrons. The number of anilines is 1. The normalized spacial score (nSPS) is 22.5. The summed E-state index contributed by atoms with van der Waals surface area (Å²) < 4.78 is 5.77. The first-order chi connectivity index (χ1) is 9.51. The first-order valence-corrected chi connectivity index (χ1v) is 6.96. The first-order valence-electron chi connectivity index (χ1n) is 6.96. The van der Waals surface area contributed by atoms with Crippen LogP contribution in [0.25, 0.3) is 0 Å². The van der Waals surface area contributed by atoms with E-state index in [0.717, 1.165) is 25.7 Å². The van der Waals surface area contributed by atoms with Crippen LogP contribution in [-0.2, 0) is 0 Å². The van der Waals surface area contributed by atoms with Crippen LogP contribution in [0.4, 0.5) is 11.6 Å². The van der Waals surface area contributed by atoms with E-state index in [4.69, 9.17) is 10.5 Å². The number of hydrogen-bond acceptors (Lipinski definition) is 6. The van der Waals surface area contributed by atoms with Gasteiger partial charge in [-0.15, -0.1) is 0 Å². The molecule has 1 heterocycles. The summed E-state index contributed by atoms with van der Waals surface area (Å²) in [4.78, 5) is 18.3. The predicted molar refractivity (Wildman–Crippen MR) is 74.5 cm³/mol. The highest BCUT2D eigenvalue weighted by Crippen LogP contribution is 2.33. The molecule has 20 heavy (non-hydrogen) atoms. The molecular weight excluding hydrogens is 260 g/mol.